The smallest absolute Gasteiger partial charge is 0.191 e. The fourth-order valence-electron chi connectivity index (χ4n) is 3.83. The van der Waals surface area contributed by atoms with Gasteiger partial charge in [0.2, 0.25) is 0 Å². The van der Waals surface area contributed by atoms with E-state index in [1.807, 2.05) is 12.1 Å². The van der Waals surface area contributed by atoms with E-state index in [1.54, 1.807) is 23.7 Å². The summed E-state index contributed by atoms with van der Waals surface area (Å²) in [4.78, 5) is 10.1. The molecule has 3 aromatic carbocycles. The summed E-state index contributed by atoms with van der Waals surface area (Å²) in [6, 6.07) is 29.7. The van der Waals surface area contributed by atoms with E-state index in [4.69, 9.17) is 4.99 Å². The first kappa shape index (κ1) is 18.5. The van der Waals surface area contributed by atoms with Crippen LogP contribution >= 0.6 is 11.3 Å². The van der Waals surface area contributed by atoms with E-state index < -0.39 is 0 Å². The predicted molar refractivity (Wildman–Crippen MR) is 125 cm³/mol. The highest BCUT2D eigenvalue weighted by Gasteiger charge is 2.17. The highest BCUT2D eigenvalue weighted by atomic mass is 32.1. The van der Waals surface area contributed by atoms with Gasteiger partial charge in [-0.25, -0.2) is 4.99 Å². The fourth-order valence-corrected chi connectivity index (χ4v) is 4.82. The molecule has 2 heterocycles. The molecule has 5 rings (SSSR count). The number of pyridine rings is 1. The molecule has 0 radical (unpaired) electrons. The van der Waals surface area contributed by atoms with Gasteiger partial charge in [-0.3, -0.25) is 4.98 Å². The van der Waals surface area contributed by atoms with E-state index >= 15 is 0 Å². The third-order valence-electron chi connectivity index (χ3n) is 5.35. The first-order valence-corrected chi connectivity index (χ1v) is 10.9. The average molecular weight is 408 g/mol. The summed E-state index contributed by atoms with van der Waals surface area (Å²) in [6.07, 6.45) is 3.57. The topological polar surface area (TPSA) is 30.2 Å². The number of hydrogen-bond donors (Lipinski definition) is 0. The van der Waals surface area contributed by atoms with Crippen molar-refractivity contribution in [2.24, 2.45) is 4.99 Å². The van der Waals surface area contributed by atoms with Crippen molar-refractivity contribution in [2.75, 3.05) is 0 Å². The zero-order valence-electron chi connectivity index (χ0n) is 16.6. The molecule has 0 spiro atoms. The van der Waals surface area contributed by atoms with E-state index in [2.05, 4.69) is 94.7 Å². The lowest BCUT2D eigenvalue weighted by Crippen LogP contribution is -2.20. The number of thiazole rings is 1. The molecule has 0 amide bonds. The Labute approximate surface area is 179 Å². The molecule has 0 saturated carbocycles. The Hall–Kier alpha value is -3.50. The van der Waals surface area contributed by atoms with Gasteiger partial charge in [0, 0.05) is 17.1 Å². The van der Waals surface area contributed by atoms with Crippen molar-refractivity contribution in [3.8, 4) is 11.3 Å². The second kappa shape index (κ2) is 8.09. The zero-order chi connectivity index (χ0) is 20.3. The molecule has 0 aliphatic carbocycles. The van der Waals surface area contributed by atoms with Gasteiger partial charge >= 0.3 is 0 Å². The third-order valence-corrected chi connectivity index (χ3v) is 6.19. The van der Waals surface area contributed by atoms with Gasteiger partial charge in [-0.05, 0) is 35.4 Å². The molecule has 0 bridgehead atoms. The molecular formula is C26H21N3S. The molecule has 2 aromatic heterocycles. The molecule has 5 aromatic rings. The lowest BCUT2D eigenvalue weighted by molar-refractivity contribution is 0.628. The Bertz CT molecular complexity index is 1350. The molecule has 0 saturated heterocycles. The van der Waals surface area contributed by atoms with Gasteiger partial charge in [-0.2, -0.15) is 0 Å². The standard InChI is InChI=1S/C26H21N3S/c1-19(20-9-3-2-4-10-20)29-25(18-30-26(29)28-22-13-8-16-27-17-22)24-15-7-12-21-11-5-6-14-23(21)24/h2-19H,1H3. The van der Waals surface area contributed by atoms with Crippen molar-refractivity contribution in [1.82, 2.24) is 9.55 Å². The molecule has 1 unspecified atom stereocenters. The highest BCUT2D eigenvalue weighted by Crippen LogP contribution is 2.32. The van der Waals surface area contributed by atoms with E-state index in [0.29, 0.717) is 0 Å². The molecule has 146 valence electrons. The maximum Gasteiger partial charge on any atom is 0.191 e. The van der Waals surface area contributed by atoms with Crippen LogP contribution in [0.1, 0.15) is 18.5 Å². The van der Waals surface area contributed by atoms with E-state index in [1.165, 1.54) is 27.6 Å². The summed E-state index contributed by atoms with van der Waals surface area (Å²) in [7, 11) is 0. The maximum atomic E-state index is 4.93. The largest absolute Gasteiger partial charge is 0.309 e. The fraction of sp³-hybridized carbons (Fsp3) is 0.0769. The number of benzene rings is 3. The summed E-state index contributed by atoms with van der Waals surface area (Å²) < 4.78 is 2.34. The third kappa shape index (κ3) is 3.46. The lowest BCUT2D eigenvalue weighted by Gasteiger charge is -2.19. The number of rotatable bonds is 4. The average Bonchev–Trinajstić information content (AvgIpc) is 3.22. The molecule has 4 heteroatoms. The zero-order valence-corrected chi connectivity index (χ0v) is 17.5. The van der Waals surface area contributed by atoms with Gasteiger partial charge in [-0.1, -0.05) is 72.8 Å². The van der Waals surface area contributed by atoms with Gasteiger partial charge in [0.15, 0.2) is 4.80 Å². The summed E-state index contributed by atoms with van der Waals surface area (Å²) in [5, 5.41) is 4.71. The summed E-state index contributed by atoms with van der Waals surface area (Å²) in [5.74, 6) is 0. The minimum absolute atomic E-state index is 0.141. The molecule has 0 aliphatic heterocycles. The summed E-state index contributed by atoms with van der Waals surface area (Å²) in [5.41, 5.74) is 4.51. The van der Waals surface area contributed by atoms with Crippen molar-refractivity contribution in [3.05, 3.63) is 113 Å². The van der Waals surface area contributed by atoms with Crippen LogP contribution in [-0.4, -0.2) is 9.55 Å². The van der Waals surface area contributed by atoms with Crippen LogP contribution in [0.4, 0.5) is 5.69 Å². The Morgan fingerprint density at radius 1 is 0.867 bits per heavy atom. The van der Waals surface area contributed by atoms with Crippen LogP contribution in [0, 0.1) is 0 Å². The van der Waals surface area contributed by atoms with Crippen LogP contribution in [0.3, 0.4) is 0 Å². The molecule has 0 N–H and O–H groups in total. The number of nitrogens with zero attached hydrogens (tertiary/aromatic N) is 3. The predicted octanol–water partition coefficient (Wildman–Crippen LogP) is 6.61. The second-order valence-electron chi connectivity index (χ2n) is 7.21. The molecule has 30 heavy (non-hydrogen) atoms. The van der Waals surface area contributed by atoms with Crippen molar-refractivity contribution in [1.29, 1.82) is 0 Å². The Balaban J connectivity index is 1.77. The van der Waals surface area contributed by atoms with Crippen LogP contribution in [0.15, 0.2) is 108 Å². The van der Waals surface area contributed by atoms with Gasteiger partial charge in [-0.15, -0.1) is 11.3 Å². The molecule has 0 fully saturated rings. The summed E-state index contributed by atoms with van der Waals surface area (Å²) in [6.45, 7) is 2.24. The van der Waals surface area contributed by atoms with Gasteiger partial charge in [0.05, 0.1) is 23.6 Å². The van der Waals surface area contributed by atoms with Crippen LogP contribution in [0.5, 0.6) is 0 Å². The SMILES string of the molecule is CC(c1ccccc1)n1c(-c2cccc3ccccc23)csc1=Nc1cccnc1. The second-order valence-corrected chi connectivity index (χ2v) is 8.05. The number of hydrogen-bond acceptors (Lipinski definition) is 3. The van der Waals surface area contributed by atoms with E-state index in [9.17, 15) is 0 Å². The van der Waals surface area contributed by atoms with Crippen molar-refractivity contribution < 1.29 is 0 Å². The Morgan fingerprint density at radius 3 is 2.50 bits per heavy atom. The molecule has 3 nitrogen and oxygen atoms in total. The molecule has 1 atom stereocenters. The quantitative estimate of drug-likeness (QED) is 0.330. The van der Waals surface area contributed by atoms with Crippen LogP contribution in [0.2, 0.25) is 0 Å². The highest BCUT2D eigenvalue weighted by molar-refractivity contribution is 7.07. The van der Waals surface area contributed by atoms with Crippen LogP contribution < -0.4 is 4.80 Å². The van der Waals surface area contributed by atoms with Gasteiger partial charge in [0.25, 0.3) is 0 Å². The first-order chi connectivity index (χ1) is 14.8. The lowest BCUT2D eigenvalue weighted by atomic mass is 10.0. The first-order valence-electron chi connectivity index (χ1n) is 9.99. The van der Waals surface area contributed by atoms with E-state index in [-0.39, 0.29) is 6.04 Å². The minimum atomic E-state index is 0.141. The van der Waals surface area contributed by atoms with Gasteiger partial charge < -0.3 is 4.57 Å². The van der Waals surface area contributed by atoms with Crippen LogP contribution in [-0.2, 0) is 0 Å². The molecular weight excluding hydrogens is 386 g/mol. The number of aromatic nitrogens is 2. The van der Waals surface area contributed by atoms with Crippen molar-refractivity contribution in [2.45, 2.75) is 13.0 Å². The molecule has 0 aliphatic rings. The normalized spacial score (nSPS) is 12.9. The minimum Gasteiger partial charge on any atom is -0.309 e. The van der Waals surface area contributed by atoms with E-state index in [0.717, 1.165) is 10.5 Å². The van der Waals surface area contributed by atoms with Gasteiger partial charge in [0.1, 0.15) is 0 Å². The van der Waals surface area contributed by atoms with Crippen molar-refractivity contribution in [3.63, 3.8) is 0 Å². The Kier molecular flexibility index (Phi) is 4.99. The number of fused-ring (bicyclic) bond motifs is 1. The van der Waals surface area contributed by atoms with Crippen molar-refractivity contribution >= 4 is 27.8 Å². The van der Waals surface area contributed by atoms with Crippen LogP contribution in [0.25, 0.3) is 22.0 Å². The summed E-state index contributed by atoms with van der Waals surface area (Å²) >= 11 is 1.67. The maximum absolute atomic E-state index is 4.93. The Morgan fingerprint density at radius 2 is 1.67 bits per heavy atom. The monoisotopic (exact) mass is 407 g/mol.